The summed E-state index contributed by atoms with van der Waals surface area (Å²) in [7, 11) is 0. The summed E-state index contributed by atoms with van der Waals surface area (Å²) < 4.78 is 0. The van der Waals surface area contributed by atoms with Gasteiger partial charge in [-0.2, -0.15) is 0 Å². The van der Waals surface area contributed by atoms with Crippen LogP contribution in [-0.2, 0) is 0 Å². The molecule has 1 unspecified atom stereocenters. The second kappa shape index (κ2) is 4.47. The van der Waals surface area contributed by atoms with E-state index in [0.717, 1.165) is 0 Å². The molecule has 1 aromatic heterocycles. The largest absolute Gasteiger partial charge is 0.391 e. The molecular weight excluding hydrogens is 244 g/mol. The first-order chi connectivity index (χ1) is 9.15. The molecule has 0 radical (unpaired) electrons. The summed E-state index contributed by atoms with van der Waals surface area (Å²) in [5, 5.41) is 10.2. The van der Waals surface area contributed by atoms with Gasteiger partial charge in [0, 0.05) is 18.5 Å². The minimum atomic E-state index is -0.450. The average molecular weight is 258 g/mol. The number of anilines is 1. The number of hydrogen-bond donors (Lipinski definition) is 2. The molecule has 0 aliphatic carbocycles. The van der Waals surface area contributed by atoms with Crippen molar-refractivity contribution in [2.24, 2.45) is 0 Å². The molecule has 0 saturated carbocycles. The molecule has 0 bridgehead atoms. The van der Waals surface area contributed by atoms with Crippen molar-refractivity contribution < 1.29 is 9.90 Å². The zero-order valence-electron chi connectivity index (χ0n) is 10.3. The number of carbonyl (C=O) groups is 1. The highest BCUT2D eigenvalue weighted by Crippen LogP contribution is 2.20. The van der Waals surface area contributed by atoms with Crippen LogP contribution in [0.15, 0.2) is 24.3 Å². The van der Waals surface area contributed by atoms with Crippen molar-refractivity contribution in [1.29, 1.82) is 0 Å². The summed E-state index contributed by atoms with van der Waals surface area (Å²) >= 11 is 0. The molecule has 19 heavy (non-hydrogen) atoms. The smallest absolute Gasteiger partial charge is 0.273 e. The topological polar surface area (TPSA) is 92.3 Å². The van der Waals surface area contributed by atoms with Crippen molar-refractivity contribution >= 4 is 22.8 Å². The first-order valence-electron chi connectivity index (χ1n) is 6.15. The van der Waals surface area contributed by atoms with Crippen LogP contribution in [-0.4, -0.2) is 45.1 Å². The molecule has 6 heteroatoms. The summed E-state index contributed by atoms with van der Waals surface area (Å²) in [6.07, 6.45) is 0.152. The number of aliphatic hydroxyl groups is 1. The van der Waals surface area contributed by atoms with Crippen molar-refractivity contribution in [3.63, 3.8) is 0 Å². The van der Waals surface area contributed by atoms with Gasteiger partial charge in [0.05, 0.1) is 11.6 Å². The lowest BCUT2D eigenvalue weighted by Gasteiger charge is -2.16. The molecule has 1 aliphatic rings. The Morgan fingerprint density at radius 2 is 2.16 bits per heavy atom. The molecule has 1 saturated heterocycles. The summed E-state index contributed by atoms with van der Waals surface area (Å²) in [6.45, 7) is 0.884. The first kappa shape index (κ1) is 11.9. The molecule has 1 amide bonds. The van der Waals surface area contributed by atoms with E-state index in [2.05, 4.69) is 9.97 Å². The van der Waals surface area contributed by atoms with Crippen LogP contribution in [0.1, 0.15) is 16.9 Å². The van der Waals surface area contributed by atoms with E-state index in [-0.39, 0.29) is 11.9 Å². The third-order valence-electron chi connectivity index (χ3n) is 3.27. The normalized spacial score (nSPS) is 19.0. The third kappa shape index (κ3) is 2.10. The van der Waals surface area contributed by atoms with Gasteiger partial charge >= 0.3 is 0 Å². The Hall–Kier alpha value is -2.21. The van der Waals surface area contributed by atoms with E-state index in [0.29, 0.717) is 36.1 Å². The number of benzene rings is 1. The fourth-order valence-corrected chi connectivity index (χ4v) is 2.33. The van der Waals surface area contributed by atoms with E-state index in [1.807, 2.05) is 12.1 Å². The standard InChI is InChI=1S/C13H14N4O2/c14-13-15-10-4-2-1-3-9(10)11(16-13)12(19)17-6-5-8(18)7-17/h1-4,8,18H,5-7H2,(H2,14,15,16). The van der Waals surface area contributed by atoms with Crippen molar-refractivity contribution in [2.45, 2.75) is 12.5 Å². The Balaban J connectivity index is 2.06. The maximum atomic E-state index is 12.4. The number of para-hydroxylation sites is 1. The maximum absolute atomic E-state index is 12.4. The molecule has 1 aliphatic heterocycles. The zero-order chi connectivity index (χ0) is 13.4. The van der Waals surface area contributed by atoms with Gasteiger partial charge in [-0.1, -0.05) is 18.2 Å². The number of aliphatic hydroxyl groups excluding tert-OH is 1. The van der Waals surface area contributed by atoms with E-state index in [1.54, 1.807) is 17.0 Å². The lowest BCUT2D eigenvalue weighted by Crippen LogP contribution is -2.30. The number of nitrogen functional groups attached to an aromatic ring is 1. The number of likely N-dealkylation sites (tertiary alicyclic amines) is 1. The highest BCUT2D eigenvalue weighted by molar-refractivity contribution is 6.04. The van der Waals surface area contributed by atoms with E-state index < -0.39 is 6.10 Å². The van der Waals surface area contributed by atoms with Crippen molar-refractivity contribution in [1.82, 2.24) is 14.9 Å². The predicted octanol–water partition coefficient (Wildman–Crippen LogP) is 0.419. The summed E-state index contributed by atoms with van der Waals surface area (Å²) in [4.78, 5) is 22.2. The van der Waals surface area contributed by atoms with Crippen LogP contribution < -0.4 is 5.73 Å². The Labute approximate surface area is 109 Å². The fourth-order valence-electron chi connectivity index (χ4n) is 2.33. The van der Waals surface area contributed by atoms with Crippen molar-refractivity contribution in [2.75, 3.05) is 18.8 Å². The number of β-amino-alcohol motifs (C(OH)–C–C–N with tert-alkyl or cyclic N) is 1. The molecule has 3 N–H and O–H groups in total. The zero-order valence-corrected chi connectivity index (χ0v) is 10.3. The first-order valence-corrected chi connectivity index (χ1v) is 6.15. The van der Waals surface area contributed by atoms with Gasteiger partial charge in [0.2, 0.25) is 5.95 Å². The van der Waals surface area contributed by atoms with Gasteiger partial charge in [-0.05, 0) is 12.5 Å². The van der Waals surface area contributed by atoms with E-state index in [9.17, 15) is 9.90 Å². The van der Waals surface area contributed by atoms with Gasteiger partial charge in [0.1, 0.15) is 5.69 Å². The van der Waals surface area contributed by atoms with Gasteiger partial charge in [0.15, 0.2) is 0 Å². The third-order valence-corrected chi connectivity index (χ3v) is 3.27. The van der Waals surface area contributed by atoms with Crippen LogP contribution in [0.25, 0.3) is 10.9 Å². The number of hydrogen-bond acceptors (Lipinski definition) is 5. The molecule has 1 atom stereocenters. The van der Waals surface area contributed by atoms with Crippen LogP contribution in [0.5, 0.6) is 0 Å². The van der Waals surface area contributed by atoms with Crippen molar-refractivity contribution in [3.8, 4) is 0 Å². The van der Waals surface area contributed by atoms with E-state index >= 15 is 0 Å². The highest BCUT2D eigenvalue weighted by Gasteiger charge is 2.27. The minimum absolute atomic E-state index is 0.0850. The molecule has 1 aromatic carbocycles. The predicted molar refractivity (Wildman–Crippen MR) is 70.5 cm³/mol. The van der Waals surface area contributed by atoms with E-state index in [1.165, 1.54) is 0 Å². The lowest BCUT2D eigenvalue weighted by molar-refractivity contribution is 0.0761. The quantitative estimate of drug-likeness (QED) is 0.773. The summed E-state index contributed by atoms with van der Waals surface area (Å²) in [5.41, 5.74) is 6.60. The van der Waals surface area contributed by atoms with Gasteiger partial charge in [-0.3, -0.25) is 4.79 Å². The average Bonchev–Trinajstić information content (AvgIpc) is 2.83. The highest BCUT2D eigenvalue weighted by atomic mass is 16.3. The second-order valence-corrected chi connectivity index (χ2v) is 4.64. The lowest BCUT2D eigenvalue weighted by atomic mass is 10.1. The molecule has 2 aromatic rings. The summed E-state index contributed by atoms with van der Waals surface area (Å²) in [5.74, 6) is -0.122. The molecular formula is C13H14N4O2. The molecule has 6 nitrogen and oxygen atoms in total. The molecule has 98 valence electrons. The Kier molecular flexibility index (Phi) is 2.79. The number of aromatic nitrogens is 2. The molecule has 0 spiro atoms. The molecule has 1 fully saturated rings. The molecule has 3 rings (SSSR count). The molecule has 2 heterocycles. The number of fused-ring (bicyclic) bond motifs is 1. The van der Waals surface area contributed by atoms with Gasteiger partial charge in [0.25, 0.3) is 5.91 Å². The number of nitrogens with two attached hydrogens (primary N) is 1. The van der Waals surface area contributed by atoms with Crippen LogP contribution in [0.4, 0.5) is 5.95 Å². The van der Waals surface area contributed by atoms with E-state index in [4.69, 9.17) is 5.73 Å². The SMILES string of the molecule is Nc1nc(C(=O)N2CCC(O)C2)c2ccccc2n1. The van der Waals surface area contributed by atoms with Crippen molar-refractivity contribution in [3.05, 3.63) is 30.0 Å². The fraction of sp³-hybridized carbons (Fsp3) is 0.308. The van der Waals surface area contributed by atoms with Gasteiger partial charge in [-0.25, -0.2) is 9.97 Å². The second-order valence-electron chi connectivity index (χ2n) is 4.64. The van der Waals surface area contributed by atoms with Gasteiger partial charge < -0.3 is 15.7 Å². The number of rotatable bonds is 1. The van der Waals surface area contributed by atoms with Crippen LogP contribution in [0.2, 0.25) is 0 Å². The van der Waals surface area contributed by atoms with Crippen LogP contribution in [0.3, 0.4) is 0 Å². The number of carbonyl (C=O) groups excluding carboxylic acids is 1. The van der Waals surface area contributed by atoms with Crippen LogP contribution in [0, 0.1) is 0 Å². The minimum Gasteiger partial charge on any atom is -0.391 e. The van der Waals surface area contributed by atoms with Crippen LogP contribution >= 0.6 is 0 Å². The Bertz CT molecular complexity index is 644. The summed E-state index contributed by atoms with van der Waals surface area (Å²) in [6, 6.07) is 7.26. The Morgan fingerprint density at radius 3 is 2.89 bits per heavy atom. The number of amides is 1. The maximum Gasteiger partial charge on any atom is 0.273 e. The number of nitrogens with zero attached hydrogens (tertiary/aromatic N) is 3. The monoisotopic (exact) mass is 258 g/mol. The Morgan fingerprint density at radius 1 is 1.37 bits per heavy atom. The van der Waals surface area contributed by atoms with Gasteiger partial charge in [-0.15, -0.1) is 0 Å².